The van der Waals surface area contributed by atoms with Crippen molar-refractivity contribution < 1.29 is 18.1 Å². The van der Waals surface area contributed by atoms with Crippen LogP contribution in [0, 0.1) is 0 Å². The summed E-state index contributed by atoms with van der Waals surface area (Å²) in [6.07, 6.45) is 0. The van der Waals surface area contributed by atoms with E-state index in [4.69, 9.17) is 25.2 Å². The van der Waals surface area contributed by atoms with Crippen molar-refractivity contribution in [1.82, 2.24) is 0 Å². The minimum atomic E-state index is -3.53. The Labute approximate surface area is 118 Å². The Morgan fingerprint density at radius 3 is 2.25 bits per heavy atom. The number of hydrogen-bond donors (Lipinski definition) is 0. The van der Waals surface area contributed by atoms with E-state index in [1.54, 1.807) is 13.8 Å². The zero-order valence-corrected chi connectivity index (χ0v) is 14.1. The second-order valence-corrected chi connectivity index (χ2v) is 6.80. The van der Waals surface area contributed by atoms with Crippen molar-refractivity contribution >= 4 is 51.3 Å². The largest absolute Gasteiger partial charge is 0.475 e. The van der Waals surface area contributed by atoms with Crippen LogP contribution in [0.2, 0.25) is 0 Å². The fraction of sp³-hybridized carbons (Fsp3) is 1.00. The molecule has 1 atom stereocenters. The summed E-state index contributed by atoms with van der Waals surface area (Å²) in [5.41, 5.74) is -0.631. The van der Waals surface area contributed by atoms with E-state index in [1.165, 1.54) is 0 Å². The topological polar surface area (TPSA) is 44.8 Å². The van der Waals surface area contributed by atoms with Crippen molar-refractivity contribution in [3.63, 3.8) is 0 Å². The number of halogens is 3. The Morgan fingerprint density at radius 1 is 1.25 bits per heavy atom. The van der Waals surface area contributed by atoms with Crippen molar-refractivity contribution in [3.05, 3.63) is 0 Å². The van der Waals surface area contributed by atoms with Gasteiger partial charge in [-0.2, -0.15) is 0 Å². The third-order valence-electron chi connectivity index (χ3n) is 1.33. The molecule has 0 N–H and O–H groups in total. The lowest BCUT2D eigenvalue weighted by molar-refractivity contribution is 0.0513. The summed E-state index contributed by atoms with van der Waals surface area (Å²) in [5.74, 6) is 0.236. The van der Waals surface area contributed by atoms with Crippen LogP contribution in [0.15, 0.2) is 0 Å². The van der Waals surface area contributed by atoms with Crippen molar-refractivity contribution in [1.29, 1.82) is 0 Å². The van der Waals surface area contributed by atoms with Gasteiger partial charge in [0.15, 0.2) is 0 Å². The van der Waals surface area contributed by atoms with Gasteiger partial charge in [-0.25, -0.2) is 4.57 Å². The van der Waals surface area contributed by atoms with Gasteiger partial charge in [0.05, 0.1) is 18.8 Å². The summed E-state index contributed by atoms with van der Waals surface area (Å²) < 4.78 is 27.7. The molecular weight excluding hydrogens is 386 g/mol. The van der Waals surface area contributed by atoms with Crippen LogP contribution in [-0.4, -0.2) is 35.4 Å². The molecule has 0 radical (unpaired) electrons. The Morgan fingerprint density at radius 2 is 1.81 bits per heavy atom. The van der Waals surface area contributed by atoms with Gasteiger partial charge in [0.1, 0.15) is 0 Å². The predicted molar refractivity (Wildman–Crippen MR) is 73.0 cm³/mol. The minimum Gasteiger partial charge on any atom is -0.286 e. The molecule has 0 bridgehead atoms. The summed E-state index contributed by atoms with van der Waals surface area (Å²) in [5, 5.41) is 1.07. The summed E-state index contributed by atoms with van der Waals surface area (Å²) in [4.78, 5) is 0. The molecule has 0 aromatic heterocycles. The normalized spacial score (nSPS) is 16.1. The summed E-state index contributed by atoms with van der Waals surface area (Å²) in [6.45, 7) is 3.95. The number of hydrogen-bond acceptors (Lipinski definition) is 4. The molecule has 0 aliphatic heterocycles. The Hall–Kier alpha value is 1.36. The number of alkyl halides is 3. The second-order valence-electron chi connectivity index (χ2n) is 3.48. The van der Waals surface area contributed by atoms with E-state index < -0.39 is 13.4 Å². The van der Waals surface area contributed by atoms with Gasteiger partial charge in [-0.1, -0.05) is 31.9 Å². The van der Waals surface area contributed by atoms with Crippen molar-refractivity contribution in [3.8, 4) is 0 Å². The Balaban J connectivity index is 4.46. The lowest BCUT2D eigenvalue weighted by Gasteiger charge is -2.27. The molecule has 16 heavy (non-hydrogen) atoms. The van der Waals surface area contributed by atoms with Crippen molar-refractivity contribution in [2.75, 3.05) is 29.8 Å². The molecule has 0 amide bonds. The third-order valence-corrected chi connectivity index (χ3v) is 4.88. The van der Waals surface area contributed by atoms with Crippen molar-refractivity contribution in [2.24, 2.45) is 0 Å². The van der Waals surface area contributed by atoms with Gasteiger partial charge in [-0.05, 0) is 13.8 Å². The van der Waals surface area contributed by atoms with Gasteiger partial charge >= 0.3 is 7.82 Å². The zero-order valence-electron chi connectivity index (χ0n) is 9.25. The summed E-state index contributed by atoms with van der Waals surface area (Å²) in [6, 6.07) is 0. The molecule has 8 heteroatoms. The number of rotatable bonds is 9. The van der Waals surface area contributed by atoms with Crippen LogP contribution >= 0.6 is 51.3 Å². The van der Waals surface area contributed by atoms with E-state index in [1.807, 2.05) is 0 Å². The van der Waals surface area contributed by atoms with Crippen LogP contribution in [0.3, 0.4) is 0 Å². The number of phosphoric ester groups is 1. The molecule has 0 saturated carbocycles. The molecule has 4 nitrogen and oxygen atoms in total. The first kappa shape index (κ1) is 17.4. The van der Waals surface area contributed by atoms with Crippen LogP contribution in [0.25, 0.3) is 0 Å². The SMILES string of the molecule is CC(C)(CBr)OP(=O)(OCCCl)OCCBr. The lowest BCUT2D eigenvalue weighted by atomic mass is 10.2. The number of phosphoric acid groups is 1. The molecule has 0 aromatic rings. The third kappa shape index (κ3) is 7.64. The summed E-state index contributed by atoms with van der Waals surface area (Å²) >= 11 is 11.9. The highest BCUT2D eigenvalue weighted by Gasteiger charge is 2.34. The van der Waals surface area contributed by atoms with E-state index in [0.717, 1.165) is 0 Å². The molecule has 0 aliphatic rings. The molecule has 0 saturated heterocycles. The molecule has 0 aliphatic carbocycles. The highest BCUT2D eigenvalue weighted by molar-refractivity contribution is 9.09. The van der Waals surface area contributed by atoms with Crippen LogP contribution in [0.4, 0.5) is 0 Å². The van der Waals surface area contributed by atoms with Gasteiger partial charge in [0, 0.05) is 16.5 Å². The maximum Gasteiger partial charge on any atom is 0.475 e. The minimum absolute atomic E-state index is 0.124. The average molecular weight is 402 g/mol. The van der Waals surface area contributed by atoms with Crippen LogP contribution in [-0.2, 0) is 18.1 Å². The maximum absolute atomic E-state index is 12.1. The zero-order chi connectivity index (χ0) is 12.7. The van der Waals surface area contributed by atoms with Gasteiger partial charge in [0.2, 0.25) is 0 Å². The lowest BCUT2D eigenvalue weighted by Crippen LogP contribution is -2.26. The van der Waals surface area contributed by atoms with Crippen molar-refractivity contribution in [2.45, 2.75) is 19.4 Å². The van der Waals surface area contributed by atoms with Crippen LogP contribution < -0.4 is 0 Å². The first-order valence-electron chi connectivity index (χ1n) is 4.67. The molecule has 0 spiro atoms. The highest BCUT2D eigenvalue weighted by Crippen LogP contribution is 2.52. The van der Waals surface area contributed by atoms with E-state index in [2.05, 4.69) is 31.9 Å². The van der Waals surface area contributed by atoms with E-state index in [9.17, 15) is 4.57 Å². The van der Waals surface area contributed by atoms with Gasteiger partial charge in [-0.3, -0.25) is 13.6 Å². The molecule has 0 heterocycles. The first-order valence-corrected chi connectivity index (χ1v) is 8.91. The Bertz CT molecular complexity index is 228. The quantitative estimate of drug-likeness (QED) is 0.433. The van der Waals surface area contributed by atoms with Crippen LogP contribution in [0.5, 0.6) is 0 Å². The van der Waals surface area contributed by atoms with Gasteiger partial charge in [-0.15, -0.1) is 11.6 Å². The second kappa shape index (κ2) is 8.46. The van der Waals surface area contributed by atoms with Crippen LogP contribution in [0.1, 0.15) is 13.8 Å². The fourth-order valence-electron chi connectivity index (χ4n) is 0.710. The van der Waals surface area contributed by atoms with Gasteiger partial charge in [0.25, 0.3) is 0 Å². The fourth-order valence-corrected chi connectivity index (χ4v) is 3.08. The van der Waals surface area contributed by atoms with E-state index >= 15 is 0 Å². The Kier molecular flexibility index (Phi) is 9.18. The first-order chi connectivity index (χ1) is 7.39. The van der Waals surface area contributed by atoms with E-state index in [-0.39, 0.29) is 19.1 Å². The maximum atomic E-state index is 12.1. The standard InChI is InChI=1S/C8H16Br2ClO4P/c1-8(2,7-10)15-16(12,13-5-3-9)14-6-4-11/h3-7H2,1-2H3. The molecule has 0 rings (SSSR count). The summed E-state index contributed by atoms with van der Waals surface area (Å²) in [7, 11) is -3.53. The molecular formula is C8H16Br2ClO4P. The highest BCUT2D eigenvalue weighted by atomic mass is 79.9. The smallest absolute Gasteiger partial charge is 0.286 e. The molecule has 98 valence electrons. The average Bonchev–Trinajstić information content (AvgIpc) is 2.23. The van der Waals surface area contributed by atoms with E-state index in [0.29, 0.717) is 10.7 Å². The molecule has 1 unspecified atom stereocenters. The monoisotopic (exact) mass is 400 g/mol. The molecule has 0 fully saturated rings. The predicted octanol–water partition coefficient (Wildman–Crippen LogP) is 3.95. The molecule has 0 aromatic carbocycles. The van der Waals surface area contributed by atoms with Gasteiger partial charge < -0.3 is 0 Å².